The molecule has 0 heterocycles. The van der Waals surface area contributed by atoms with Crippen molar-refractivity contribution in [2.24, 2.45) is 5.92 Å². The molecule has 0 bridgehead atoms. The molecule has 4 heteroatoms. The third kappa shape index (κ3) is 4.86. The molecule has 0 aromatic heterocycles. The van der Waals surface area contributed by atoms with E-state index >= 15 is 0 Å². The molecule has 2 rings (SSSR count). The molecule has 0 saturated heterocycles. The number of hydrogen-bond donors (Lipinski definition) is 1. The molecule has 112 valence electrons. The Hall–Kier alpha value is -1.89. The number of carbonyl (C=O) groups excluding carboxylic acids is 1. The Balaban J connectivity index is 1.82. The fourth-order valence-corrected chi connectivity index (χ4v) is 2.86. The zero-order chi connectivity index (χ0) is 15.1. The van der Waals surface area contributed by atoms with Crippen LogP contribution in [0.3, 0.4) is 0 Å². The molecule has 0 atom stereocenters. The van der Waals surface area contributed by atoms with Gasteiger partial charge in [0.05, 0.1) is 11.6 Å². The largest absolute Gasteiger partial charge is 0.352 e. The number of nitriles is 1. The zero-order valence-corrected chi connectivity index (χ0v) is 12.2. The lowest BCUT2D eigenvalue weighted by Crippen LogP contribution is -2.25. The first-order valence-corrected chi connectivity index (χ1v) is 7.64. The molecule has 1 fully saturated rings. The molecule has 1 saturated carbocycles. The molecule has 1 aromatic rings. The zero-order valence-electron chi connectivity index (χ0n) is 12.2. The second kappa shape index (κ2) is 7.78. The highest BCUT2D eigenvalue weighted by molar-refractivity contribution is 5.76. The quantitative estimate of drug-likeness (QED) is 0.859. The maximum absolute atomic E-state index is 13.7. The molecule has 0 aliphatic heterocycles. The predicted molar refractivity (Wildman–Crippen MR) is 78.8 cm³/mol. The molecular formula is C17H21FN2O. The summed E-state index contributed by atoms with van der Waals surface area (Å²) in [5, 5.41) is 11.5. The van der Waals surface area contributed by atoms with Crippen LogP contribution in [0.4, 0.5) is 4.39 Å². The third-order valence-corrected chi connectivity index (χ3v) is 4.11. The number of benzene rings is 1. The van der Waals surface area contributed by atoms with Gasteiger partial charge in [-0.05, 0) is 30.9 Å². The van der Waals surface area contributed by atoms with Crippen molar-refractivity contribution >= 4 is 5.91 Å². The van der Waals surface area contributed by atoms with E-state index in [1.165, 1.54) is 31.7 Å². The average molecular weight is 288 g/mol. The summed E-state index contributed by atoms with van der Waals surface area (Å²) < 4.78 is 13.7. The number of rotatable bonds is 4. The van der Waals surface area contributed by atoms with Crippen molar-refractivity contribution < 1.29 is 9.18 Å². The van der Waals surface area contributed by atoms with Gasteiger partial charge in [-0.2, -0.15) is 5.26 Å². The Morgan fingerprint density at radius 3 is 2.62 bits per heavy atom. The van der Waals surface area contributed by atoms with Crippen LogP contribution in [0.25, 0.3) is 0 Å². The normalized spacial score (nSPS) is 16.0. The van der Waals surface area contributed by atoms with Crippen molar-refractivity contribution in [1.29, 1.82) is 5.26 Å². The molecule has 3 nitrogen and oxygen atoms in total. The van der Waals surface area contributed by atoms with Crippen LogP contribution in [-0.2, 0) is 11.3 Å². The van der Waals surface area contributed by atoms with Gasteiger partial charge in [-0.1, -0.05) is 31.7 Å². The van der Waals surface area contributed by atoms with Crippen molar-refractivity contribution in [1.82, 2.24) is 5.32 Å². The van der Waals surface area contributed by atoms with Crippen LogP contribution in [0.2, 0.25) is 0 Å². The molecule has 0 unspecified atom stereocenters. The van der Waals surface area contributed by atoms with Gasteiger partial charge in [-0.25, -0.2) is 4.39 Å². The number of nitrogens with zero attached hydrogens (tertiary/aromatic N) is 1. The van der Waals surface area contributed by atoms with E-state index in [9.17, 15) is 9.18 Å². The van der Waals surface area contributed by atoms with Crippen LogP contribution in [-0.4, -0.2) is 5.91 Å². The molecule has 0 spiro atoms. The summed E-state index contributed by atoms with van der Waals surface area (Å²) in [7, 11) is 0. The Labute approximate surface area is 125 Å². The van der Waals surface area contributed by atoms with Crippen LogP contribution < -0.4 is 5.32 Å². The van der Waals surface area contributed by atoms with E-state index < -0.39 is 5.82 Å². The fraction of sp³-hybridized carbons (Fsp3) is 0.529. The molecule has 1 amide bonds. The Morgan fingerprint density at radius 2 is 2.00 bits per heavy atom. The van der Waals surface area contributed by atoms with Gasteiger partial charge in [0.25, 0.3) is 0 Å². The van der Waals surface area contributed by atoms with Gasteiger partial charge in [0.15, 0.2) is 0 Å². The van der Waals surface area contributed by atoms with E-state index in [-0.39, 0.29) is 12.5 Å². The van der Waals surface area contributed by atoms with Crippen molar-refractivity contribution in [3.8, 4) is 6.07 Å². The third-order valence-electron chi connectivity index (χ3n) is 4.11. The highest BCUT2D eigenvalue weighted by atomic mass is 19.1. The molecule has 21 heavy (non-hydrogen) atoms. The summed E-state index contributed by atoms with van der Waals surface area (Å²) >= 11 is 0. The van der Waals surface area contributed by atoms with Gasteiger partial charge in [0, 0.05) is 18.5 Å². The monoisotopic (exact) mass is 288 g/mol. The minimum Gasteiger partial charge on any atom is -0.352 e. The highest BCUT2D eigenvalue weighted by Gasteiger charge is 2.16. The van der Waals surface area contributed by atoms with E-state index in [1.54, 1.807) is 12.1 Å². The van der Waals surface area contributed by atoms with Crippen LogP contribution >= 0.6 is 0 Å². The summed E-state index contributed by atoms with van der Waals surface area (Å²) in [5.74, 6) is 0.0211. The maximum atomic E-state index is 13.7. The van der Waals surface area contributed by atoms with Gasteiger partial charge >= 0.3 is 0 Å². The Bertz CT molecular complexity index is 528. The van der Waals surface area contributed by atoms with Crippen LogP contribution in [0, 0.1) is 23.1 Å². The van der Waals surface area contributed by atoms with Crippen LogP contribution in [0.1, 0.15) is 56.1 Å². The smallest absolute Gasteiger partial charge is 0.220 e. The van der Waals surface area contributed by atoms with E-state index in [0.717, 1.165) is 12.8 Å². The van der Waals surface area contributed by atoms with Crippen molar-refractivity contribution in [3.05, 3.63) is 35.1 Å². The summed E-state index contributed by atoms with van der Waals surface area (Å²) in [6, 6.07) is 6.21. The van der Waals surface area contributed by atoms with E-state index in [0.29, 0.717) is 23.5 Å². The summed E-state index contributed by atoms with van der Waals surface area (Å²) in [6.07, 6.45) is 7.75. The minimum absolute atomic E-state index is 0.00865. The first-order chi connectivity index (χ1) is 10.2. The van der Waals surface area contributed by atoms with Crippen LogP contribution in [0.5, 0.6) is 0 Å². The SMILES string of the molecule is N#Cc1ccc(CNC(=O)CC2CCCCCC2)c(F)c1. The van der Waals surface area contributed by atoms with Gasteiger partial charge < -0.3 is 5.32 Å². The lowest BCUT2D eigenvalue weighted by atomic mass is 9.96. The minimum atomic E-state index is -0.441. The second-order valence-electron chi connectivity index (χ2n) is 5.76. The summed E-state index contributed by atoms with van der Waals surface area (Å²) in [4.78, 5) is 11.9. The Morgan fingerprint density at radius 1 is 1.29 bits per heavy atom. The van der Waals surface area contributed by atoms with Crippen molar-refractivity contribution in [2.75, 3.05) is 0 Å². The van der Waals surface area contributed by atoms with Crippen molar-refractivity contribution in [2.45, 2.75) is 51.5 Å². The molecular weight excluding hydrogens is 267 g/mol. The van der Waals surface area contributed by atoms with Gasteiger partial charge in [0.2, 0.25) is 5.91 Å². The van der Waals surface area contributed by atoms with E-state index in [1.807, 2.05) is 6.07 Å². The molecule has 1 aliphatic carbocycles. The van der Waals surface area contributed by atoms with Crippen molar-refractivity contribution in [3.63, 3.8) is 0 Å². The number of nitrogens with one attached hydrogen (secondary N) is 1. The lowest BCUT2D eigenvalue weighted by Gasteiger charge is -2.13. The first-order valence-electron chi connectivity index (χ1n) is 7.64. The standard InChI is InChI=1S/C17H21FN2O/c18-16-9-14(11-19)7-8-15(16)12-20-17(21)10-13-5-3-1-2-4-6-13/h7-9,13H,1-6,10,12H2,(H,20,21). The Kier molecular flexibility index (Phi) is 5.74. The number of hydrogen-bond acceptors (Lipinski definition) is 2. The molecule has 1 N–H and O–H groups in total. The number of amides is 1. The maximum Gasteiger partial charge on any atom is 0.220 e. The number of halogens is 1. The van der Waals surface area contributed by atoms with Gasteiger partial charge in [-0.3, -0.25) is 4.79 Å². The van der Waals surface area contributed by atoms with E-state index in [2.05, 4.69) is 5.32 Å². The topological polar surface area (TPSA) is 52.9 Å². The first kappa shape index (κ1) is 15.5. The fourth-order valence-electron chi connectivity index (χ4n) is 2.86. The predicted octanol–water partition coefficient (Wildman–Crippen LogP) is 3.67. The summed E-state index contributed by atoms with van der Waals surface area (Å²) in [6.45, 7) is 0.184. The average Bonchev–Trinajstić information content (AvgIpc) is 2.74. The van der Waals surface area contributed by atoms with Crippen LogP contribution in [0.15, 0.2) is 18.2 Å². The lowest BCUT2D eigenvalue weighted by molar-refractivity contribution is -0.122. The second-order valence-corrected chi connectivity index (χ2v) is 5.76. The number of carbonyl (C=O) groups is 1. The highest BCUT2D eigenvalue weighted by Crippen LogP contribution is 2.25. The van der Waals surface area contributed by atoms with E-state index in [4.69, 9.17) is 5.26 Å². The molecule has 1 aromatic carbocycles. The molecule has 0 radical (unpaired) electrons. The molecule has 1 aliphatic rings. The van der Waals surface area contributed by atoms with Gasteiger partial charge in [0.1, 0.15) is 5.82 Å². The summed E-state index contributed by atoms with van der Waals surface area (Å²) in [5.41, 5.74) is 0.712. The van der Waals surface area contributed by atoms with Gasteiger partial charge in [-0.15, -0.1) is 0 Å².